The minimum atomic E-state index is -0.686. The Labute approximate surface area is 107 Å². The quantitative estimate of drug-likeness (QED) is 0.349. The summed E-state index contributed by atoms with van der Waals surface area (Å²) in [6.07, 6.45) is 2.10. The Kier molecular flexibility index (Phi) is 4.69. The molecule has 100 valence electrons. The van der Waals surface area contributed by atoms with Crippen molar-refractivity contribution in [1.82, 2.24) is 0 Å². The molecular formula is C11H10N2O6. The van der Waals surface area contributed by atoms with E-state index in [1.807, 2.05) is 0 Å². The number of carbonyl (C=O) groups excluding carboxylic acids is 1. The van der Waals surface area contributed by atoms with Gasteiger partial charge in [-0.2, -0.15) is 0 Å². The first-order valence-corrected chi connectivity index (χ1v) is 5.23. The van der Waals surface area contributed by atoms with Gasteiger partial charge in [0.1, 0.15) is 0 Å². The van der Waals surface area contributed by atoms with Crippen LogP contribution in [0.4, 0.5) is 11.4 Å². The molecule has 8 nitrogen and oxygen atoms in total. The molecule has 1 aromatic rings. The summed E-state index contributed by atoms with van der Waals surface area (Å²) in [6.45, 7) is 1.78. The molecule has 0 unspecified atom stereocenters. The van der Waals surface area contributed by atoms with E-state index in [0.717, 1.165) is 30.4 Å². The molecule has 0 aliphatic rings. The zero-order valence-electron chi connectivity index (χ0n) is 9.94. The highest BCUT2D eigenvalue weighted by Crippen LogP contribution is 2.25. The molecule has 8 heteroatoms. The van der Waals surface area contributed by atoms with Gasteiger partial charge in [-0.1, -0.05) is 0 Å². The highest BCUT2D eigenvalue weighted by atomic mass is 16.6. The molecule has 0 N–H and O–H groups in total. The highest BCUT2D eigenvalue weighted by molar-refractivity contribution is 5.88. The van der Waals surface area contributed by atoms with Crippen molar-refractivity contribution in [3.8, 4) is 0 Å². The number of esters is 1. The van der Waals surface area contributed by atoms with Crippen LogP contribution in [0.2, 0.25) is 0 Å². The van der Waals surface area contributed by atoms with Crippen molar-refractivity contribution in [2.45, 2.75) is 6.92 Å². The maximum Gasteiger partial charge on any atom is 0.330 e. The molecule has 0 radical (unpaired) electrons. The highest BCUT2D eigenvalue weighted by Gasteiger charge is 2.16. The number of ether oxygens (including phenoxy) is 1. The van der Waals surface area contributed by atoms with Crippen molar-refractivity contribution < 1.29 is 19.4 Å². The summed E-state index contributed by atoms with van der Waals surface area (Å²) in [5, 5.41) is 21.4. The van der Waals surface area contributed by atoms with Crippen LogP contribution in [0.25, 0.3) is 6.08 Å². The third-order valence-corrected chi connectivity index (χ3v) is 2.10. The lowest BCUT2D eigenvalue weighted by Gasteiger charge is -1.98. The number of benzene rings is 1. The lowest BCUT2D eigenvalue weighted by atomic mass is 10.1. The predicted molar refractivity (Wildman–Crippen MR) is 65.4 cm³/mol. The lowest BCUT2D eigenvalue weighted by molar-refractivity contribution is -0.389. The number of nitro groups is 2. The average molecular weight is 266 g/mol. The molecule has 0 amide bonds. The van der Waals surface area contributed by atoms with Gasteiger partial charge in [0, 0.05) is 24.3 Å². The fourth-order valence-electron chi connectivity index (χ4n) is 1.30. The molecule has 0 aliphatic carbocycles. The molecule has 0 heterocycles. The molecule has 1 rings (SSSR count). The zero-order chi connectivity index (χ0) is 14.4. The molecule has 0 spiro atoms. The van der Waals surface area contributed by atoms with E-state index in [4.69, 9.17) is 0 Å². The van der Waals surface area contributed by atoms with E-state index in [1.54, 1.807) is 6.92 Å². The van der Waals surface area contributed by atoms with E-state index in [9.17, 15) is 25.0 Å². The van der Waals surface area contributed by atoms with Gasteiger partial charge in [-0.05, 0) is 13.0 Å². The fourth-order valence-corrected chi connectivity index (χ4v) is 1.30. The molecule has 19 heavy (non-hydrogen) atoms. The summed E-state index contributed by atoms with van der Waals surface area (Å²) in [5.41, 5.74) is -0.660. The van der Waals surface area contributed by atoms with Gasteiger partial charge in [0.05, 0.1) is 22.0 Å². The Morgan fingerprint density at radius 3 is 2.53 bits per heavy atom. The third-order valence-electron chi connectivity index (χ3n) is 2.10. The first-order valence-electron chi connectivity index (χ1n) is 5.23. The molecule has 0 atom stereocenters. The number of hydrogen-bond acceptors (Lipinski definition) is 6. The number of rotatable bonds is 5. The topological polar surface area (TPSA) is 113 Å². The van der Waals surface area contributed by atoms with Crippen LogP contribution in [-0.4, -0.2) is 22.4 Å². The van der Waals surface area contributed by atoms with Crippen LogP contribution in [0.15, 0.2) is 24.3 Å². The molecule has 1 aromatic carbocycles. The zero-order valence-corrected chi connectivity index (χ0v) is 9.94. The fraction of sp³-hybridized carbons (Fsp3) is 0.182. The Hall–Kier alpha value is -2.77. The SMILES string of the molecule is CCOC(=O)/C=C/c1cc([N+](=O)[O-])ccc1[N+](=O)[O-]. The van der Waals surface area contributed by atoms with E-state index in [1.165, 1.54) is 0 Å². The Morgan fingerprint density at radius 2 is 2.00 bits per heavy atom. The number of carbonyl (C=O) groups is 1. The second-order valence-corrected chi connectivity index (χ2v) is 3.34. The molecule has 0 bridgehead atoms. The first-order chi connectivity index (χ1) is 8.95. The van der Waals surface area contributed by atoms with Crippen LogP contribution in [0.3, 0.4) is 0 Å². The van der Waals surface area contributed by atoms with Gasteiger partial charge in [0.15, 0.2) is 0 Å². The predicted octanol–water partition coefficient (Wildman–Crippen LogP) is 2.08. The molecule has 0 aromatic heterocycles. The minimum absolute atomic E-state index is 0.0350. The van der Waals surface area contributed by atoms with Gasteiger partial charge in [-0.25, -0.2) is 4.79 Å². The van der Waals surface area contributed by atoms with Gasteiger partial charge in [-0.15, -0.1) is 0 Å². The normalized spacial score (nSPS) is 10.4. The molecule has 0 saturated carbocycles. The van der Waals surface area contributed by atoms with Gasteiger partial charge in [-0.3, -0.25) is 20.2 Å². The summed E-state index contributed by atoms with van der Waals surface area (Å²) in [4.78, 5) is 31.1. The molecule has 0 aliphatic heterocycles. The largest absolute Gasteiger partial charge is 0.463 e. The van der Waals surface area contributed by atoms with Crippen LogP contribution < -0.4 is 0 Å². The molecule has 0 saturated heterocycles. The number of non-ortho nitro benzene ring substituents is 1. The number of nitro benzene ring substituents is 2. The summed E-state index contributed by atoms with van der Waals surface area (Å²) in [6, 6.07) is 3.07. The minimum Gasteiger partial charge on any atom is -0.463 e. The maximum absolute atomic E-state index is 11.1. The molecule has 0 fully saturated rings. The first kappa shape index (κ1) is 14.3. The van der Waals surface area contributed by atoms with Crippen molar-refractivity contribution in [3.63, 3.8) is 0 Å². The van der Waals surface area contributed by atoms with Crippen LogP contribution in [0.5, 0.6) is 0 Å². The Bertz CT molecular complexity index is 552. The van der Waals surface area contributed by atoms with Gasteiger partial charge in [0.2, 0.25) is 0 Å². The average Bonchev–Trinajstić information content (AvgIpc) is 2.36. The second-order valence-electron chi connectivity index (χ2n) is 3.34. The smallest absolute Gasteiger partial charge is 0.330 e. The summed E-state index contributed by atoms with van der Waals surface area (Å²) in [7, 11) is 0. The van der Waals surface area contributed by atoms with Gasteiger partial charge < -0.3 is 4.74 Å². The van der Waals surface area contributed by atoms with Crippen LogP contribution in [0, 0.1) is 20.2 Å². The van der Waals surface area contributed by atoms with E-state index < -0.39 is 15.8 Å². The standard InChI is InChI=1S/C11H10N2O6/c1-2-19-11(14)6-3-8-7-9(12(15)16)4-5-10(8)13(17)18/h3-7H,2H2,1H3/b6-3+. The van der Waals surface area contributed by atoms with Crippen LogP contribution >= 0.6 is 0 Å². The number of hydrogen-bond donors (Lipinski definition) is 0. The van der Waals surface area contributed by atoms with Crippen molar-refractivity contribution >= 4 is 23.4 Å². The van der Waals surface area contributed by atoms with Crippen molar-refractivity contribution in [2.24, 2.45) is 0 Å². The Balaban J connectivity index is 3.14. The van der Waals surface area contributed by atoms with Crippen molar-refractivity contribution in [2.75, 3.05) is 6.61 Å². The number of nitrogens with zero attached hydrogens (tertiary/aromatic N) is 2. The van der Waals surface area contributed by atoms with Gasteiger partial charge in [0.25, 0.3) is 11.4 Å². The molecular weight excluding hydrogens is 256 g/mol. The van der Waals surface area contributed by atoms with E-state index >= 15 is 0 Å². The van der Waals surface area contributed by atoms with Gasteiger partial charge >= 0.3 is 5.97 Å². The monoisotopic (exact) mass is 266 g/mol. The summed E-state index contributed by atoms with van der Waals surface area (Å²) in [5.74, 6) is -0.677. The Morgan fingerprint density at radius 1 is 1.32 bits per heavy atom. The van der Waals surface area contributed by atoms with Crippen LogP contribution in [-0.2, 0) is 9.53 Å². The van der Waals surface area contributed by atoms with E-state index in [-0.39, 0.29) is 23.5 Å². The van der Waals surface area contributed by atoms with Crippen molar-refractivity contribution in [1.29, 1.82) is 0 Å². The maximum atomic E-state index is 11.1. The summed E-state index contributed by atoms with van der Waals surface area (Å²) < 4.78 is 4.61. The second kappa shape index (κ2) is 6.24. The van der Waals surface area contributed by atoms with Crippen molar-refractivity contribution in [3.05, 3.63) is 50.1 Å². The van der Waals surface area contributed by atoms with Crippen LogP contribution in [0.1, 0.15) is 12.5 Å². The lowest BCUT2D eigenvalue weighted by Crippen LogP contribution is -1.99. The van der Waals surface area contributed by atoms with E-state index in [0.29, 0.717) is 0 Å². The summed E-state index contributed by atoms with van der Waals surface area (Å²) >= 11 is 0. The third kappa shape index (κ3) is 3.87. The van der Waals surface area contributed by atoms with E-state index in [2.05, 4.69) is 4.74 Å².